The van der Waals surface area contributed by atoms with Crippen molar-refractivity contribution in [3.63, 3.8) is 0 Å². The first kappa shape index (κ1) is 57.2. The molecule has 10 atom stereocenters. The van der Waals surface area contributed by atoms with Gasteiger partial charge in [-0.15, -0.1) is 0 Å². The Hall–Kier alpha value is -7.74. The van der Waals surface area contributed by atoms with Crippen molar-refractivity contribution in [2.45, 2.75) is 120 Å². The van der Waals surface area contributed by atoms with Crippen LogP contribution in [0, 0.1) is 5.92 Å². The number of carbonyl (C=O) groups excluding carboxylic acids is 8. The molecule has 1 saturated heterocycles. The van der Waals surface area contributed by atoms with Gasteiger partial charge in [-0.25, -0.2) is 9.78 Å². The van der Waals surface area contributed by atoms with Crippen LogP contribution in [0.4, 0.5) is 0 Å². The van der Waals surface area contributed by atoms with Crippen molar-refractivity contribution in [3.05, 3.63) is 90.1 Å². The summed E-state index contributed by atoms with van der Waals surface area (Å²) in [7, 11) is 0. The quantitative estimate of drug-likeness (QED) is 0.0294. The second kappa shape index (κ2) is 26.8. The van der Waals surface area contributed by atoms with Gasteiger partial charge in [0.05, 0.1) is 43.4 Å². The maximum Gasteiger partial charge on any atom is 0.328 e. The van der Waals surface area contributed by atoms with Crippen molar-refractivity contribution in [1.29, 1.82) is 0 Å². The molecule has 0 bridgehead atoms. The normalized spacial score (nSPS) is 17.0. The molecule has 1 fully saturated rings. The summed E-state index contributed by atoms with van der Waals surface area (Å²) in [5.41, 5.74) is 8.09. The van der Waals surface area contributed by atoms with Gasteiger partial charge in [0.1, 0.15) is 36.3 Å². The summed E-state index contributed by atoms with van der Waals surface area (Å²) >= 11 is 0. The summed E-state index contributed by atoms with van der Waals surface area (Å²) in [6.07, 6.45) is 1.40. The number of carboxylic acids is 1. The van der Waals surface area contributed by atoms with Gasteiger partial charge in [-0.05, 0) is 49.8 Å². The van der Waals surface area contributed by atoms with Crippen LogP contribution in [0.3, 0.4) is 0 Å². The summed E-state index contributed by atoms with van der Waals surface area (Å²) in [5, 5.41) is 58.0. The highest BCUT2D eigenvalue weighted by molar-refractivity contribution is 5.98. The lowest BCUT2D eigenvalue weighted by atomic mass is 10.0. The zero-order valence-corrected chi connectivity index (χ0v) is 41.4. The molecule has 25 nitrogen and oxygen atoms in total. The van der Waals surface area contributed by atoms with E-state index in [0.717, 1.165) is 13.8 Å². The molecule has 2 aromatic heterocycles. The molecule has 2 aromatic carbocycles. The van der Waals surface area contributed by atoms with Gasteiger partial charge in [-0.2, -0.15) is 0 Å². The zero-order chi connectivity index (χ0) is 54.2. The first-order chi connectivity index (χ1) is 35.2. The van der Waals surface area contributed by atoms with Crippen LogP contribution in [0.1, 0.15) is 57.4 Å². The molecule has 8 amide bonds. The highest BCUT2D eigenvalue weighted by atomic mass is 16.4. The third-order valence-corrected chi connectivity index (χ3v) is 12.5. The van der Waals surface area contributed by atoms with Crippen LogP contribution in [-0.2, 0) is 62.4 Å². The molecule has 0 unspecified atom stereocenters. The molecule has 74 heavy (non-hydrogen) atoms. The molecule has 1 aliphatic heterocycles. The molecule has 0 aliphatic carbocycles. The van der Waals surface area contributed by atoms with E-state index in [4.69, 9.17) is 5.73 Å². The van der Waals surface area contributed by atoms with Crippen LogP contribution in [0.5, 0.6) is 0 Å². The fourth-order valence-electron chi connectivity index (χ4n) is 8.20. The van der Waals surface area contributed by atoms with E-state index in [2.05, 4.69) is 46.9 Å². The van der Waals surface area contributed by atoms with Gasteiger partial charge in [0.15, 0.2) is 6.04 Å². The molecule has 1 aliphatic rings. The number of hydrogen-bond acceptors (Lipinski definition) is 14. The van der Waals surface area contributed by atoms with Crippen molar-refractivity contribution in [3.8, 4) is 0 Å². The zero-order valence-electron chi connectivity index (χ0n) is 41.4. The van der Waals surface area contributed by atoms with E-state index >= 15 is 0 Å². The van der Waals surface area contributed by atoms with Crippen LogP contribution < -0.4 is 43.0 Å². The number of aromatic nitrogens is 3. The van der Waals surface area contributed by atoms with Crippen LogP contribution >= 0.6 is 0 Å². The molecule has 15 N–H and O–H groups in total. The van der Waals surface area contributed by atoms with E-state index in [0.29, 0.717) is 34.1 Å². The fourth-order valence-corrected chi connectivity index (χ4v) is 8.20. The largest absolute Gasteiger partial charge is 0.480 e. The number of hydrogen-bond donors (Lipinski definition) is 14. The highest BCUT2D eigenvalue weighted by Crippen LogP contribution is 2.21. The number of aliphatic hydroxyl groups excluding tert-OH is 3. The summed E-state index contributed by atoms with van der Waals surface area (Å²) in [6.45, 7) is 4.48. The van der Waals surface area contributed by atoms with Gasteiger partial charge < -0.3 is 78.2 Å². The second-order valence-electron chi connectivity index (χ2n) is 18.5. The predicted molar refractivity (Wildman–Crippen MR) is 265 cm³/mol. The van der Waals surface area contributed by atoms with Crippen molar-refractivity contribution in [2.24, 2.45) is 11.7 Å². The lowest BCUT2D eigenvalue weighted by molar-refractivity contribution is -0.146. The second-order valence-corrected chi connectivity index (χ2v) is 18.5. The third-order valence-electron chi connectivity index (χ3n) is 12.5. The topological polar surface area (TPSA) is 392 Å². The van der Waals surface area contributed by atoms with E-state index in [9.17, 15) is 63.6 Å². The summed E-state index contributed by atoms with van der Waals surface area (Å²) < 4.78 is 0. The standard InChI is InChI=1S/C49H66N12O13/c1-25(2)39(50)47(71)53-22-38(65)61-16-10-15-37(61)46(70)57-33(17-28-11-6-5-7-12-28)42(66)56-35(19-30-21-51-24-54-30)44(68)55-34(18-29-20-52-32-14-9-8-13-31(29)32)43(67)58-36(23-62)45(69)59-40(26(3)63)48(72)60-41(27(4)64)49(73)74/h5-9,11-14,20-21,24-27,33-37,39-41,52,62-64H,10,15-19,22-23,50H2,1-4H3,(H,51,54)(H,53,71)(H,55,68)(H,56,66)(H,57,70)(H,58,67)(H,59,69)(H,60,72)(H,73,74)/t26-,27-,33+,34+,35+,36+,37+,39+,40+,41+/m1/s1. The Morgan fingerprint density at radius 2 is 1.28 bits per heavy atom. The molecule has 400 valence electrons. The van der Waals surface area contributed by atoms with E-state index in [1.807, 2.05) is 5.32 Å². The number of aliphatic carboxylic acids is 1. The Labute approximate surface area is 425 Å². The highest BCUT2D eigenvalue weighted by Gasteiger charge is 2.39. The summed E-state index contributed by atoms with van der Waals surface area (Å²) in [5.74, 6) is -8.66. The number of amides is 8. The minimum Gasteiger partial charge on any atom is -0.480 e. The SMILES string of the molecule is CC(C)[C@H](N)C(=O)NCC(=O)N1CCC[C@H]1C(=O)N[C@@H](Cc1ccccc1)C(=O)N[C@@H](Cc1c[nH]cn1)C(=O)N[C@@H](Cc1c[nH]c2ccccc12)C(=O)N[C@@H](CO)C(=O)N[C@H](C(=O)N[C@H](C(=O)O)[C@@H](C)O)[C@@H](C)O. The Balaban J connectivity index is 1.39. The van der Waals surface area contributed by atoms with Gasteiger partial charge >= 0.3 is 5.97 Å². The van der Waals surface area contributed by atoms with E-state index < -0.39 is 127 Å². The molecule has 0 saturated carbocycles. The number of H-pyrrole nitrogens is 2. The van der Waals surface area contributed by atoms with Gasteiger partial charge in [-0.1, -0.05) is 62.4 Å². The molecule has 0 radical (unpaired) electrons. The number of benzene rings is 2. The Morgan fingerprint density at radius 1 is 0.703 bits per heavy atom. The summed E-state index contributed by atoms with van der Waals surface area (Å²) in [4.78, 5) is 133. The van der Waals surface area contributed by atoms with Crippen LogP contribution in [-0.4, -0.2) is 174 Å². The van der Waals surface area contributed by atoms with Crippen molar-refractivity contribution < 1.29 is 63.6 Å². The van der Waals surface area contributed by atoms with Crippen LogP contribution in [0.15, 0.2) is 73.3 Å². The number of carbonyl (C=O) groups is 9. The predicted octanol–water partition coefficient (Wildman–Crippen LogP) is -3.24. The third kappa shape index (κ3) is 15.6. The number of carboxylic acid groups (broad SMARTS) is 1. The molecular formula is C49H66N12O13. The number of nitrogens with two attached hydrogens (primary N) is 1. The Bertz CT molecular complexity index is 2590. The minimum atomic E-state index is -1.83. The van der Waals surface area contributed by atoms with Gasteiger partial charge in [0, 0.05) is 49.1 Å². The molecule has 0 spiro atoms. The monoisotopic (exact) mass is 1030 g/mol. The van der Waals surface area contributed by atoms with Gasteiger partial charge in [0.25, 0.3) is 0 Å². The number of nitrogens with one attached hydrogen (secondary N) is 9. The minimum absolute atomic E-state index is 0.0621. The smallest absolute Gasteiger partial charge is 0.328 e. The Morgan fingerprint density at radius 3 is 1.88 bits per heavy atom. The van der Waals surface area contributed by atoms with Crippen molar-refractivity contribution >= 4 is 64.1 Å². The Kier molecular flexibility index (Phi) is 20.7. The summed E-state index contributed by atoms with van der Waals surface area (Å²) in [6, 6.07) is 4.09. The maximum absolute atomic E-state index is 14.6. The van der Waals surface area contributed by atoms with E-state index in [-0.39, 0.29) is 38.1 Å². The van der Waals surface area contributed by atoms with E-state index in [1.165, 1.54) is 17.4 Å². The van der Waals surface area contributed by atoms with Crippen LogP contribution in [0.2, 0.25) is 0 Å². The molecular weight excluding hydrogens is 965 g/mol. The first-order valence-corrected chi connectivity index (χ1v) is 24.1. The maximum atomic E-state index is 14.6. The number of likely N-dealkylation sites (tertiary alicyclic amines) is 1. The van der Waals surface area contributed by atoms with Gasteiger partial charge in [0.2, 0.25) is 47.3 Å². The number of imidazole rings is 1. The number of aliphatic hydroxyl groups is 3. The molecule has 4 aromatic rings. The molecule has 3 heterocycles. The first-order valence-electron chi connectivity index (χ1n) is 24.1. The van der Waals surface area contributed by atoms with Crippen molar-refractivity contribution in [1.82, 2.24) is 57.1 Å². The van der Waals surface area contributed by atoms with Crippen molar-refractivity contribution in [2.75, 3.05) is 19.7 Å². The number of aromatic amines is 2. The lowest BCUT2D eigenvalue weighted by Crippen LogP contribution is -2.62. The van der Waals surface area contributed by atoms with Crippen LogP contribution in [0.25, 0.3) is 10.9 Å². The van der Waals surface area contributed by atoms with Gasteiger partial charge in [-0.3, -0.25) is 38.4 Å². The number of nitrogens with zero attached hydrogens (tertiary/aromatic N) is 2. The average Bonchev–Trinajstić information content (AvgIpc) is 4.17. The molecule has 25 heteroatoms. The average molecular weight is 1030 g/mol. The number of para-hydroxylation sites is 1. The fraction of sp³-hybridized carbons (Fsp3) is 0.469. The number of rotatable bonds is 26. The lowest BCUT2D eigenvalue weighted by Gasteiger charge is -2.28. The number of fused-ring (bicyclic) bond motifs is 1. The van der Waals surface area contributed by atoms with E-state index in [1.54, 1.807) is 74.6 Å². The molecule has 5 rings (SSSR count).